The molecule has 1 aromatic heterocycles. The van der Waals surface area contributed by atoms with Gasteiger partial charge in [0.25, 0.3) is 0 Å². The number of nitrogens with one attached hydrogen (secondary N) is 1. The van der Waals surface area contributed by atoms with Crippen molar-refractivity contribution in [2.24, 2.45) is 16.8 Å². The van der Waals surface area contributed by atoms with Gasteiger partial charge < -0.3 is 10.2 Å². The quantitative estimate of drug-likeness (QED) is 0.434. The van der Waals surface area contributed by atoms with Gasteiger partial charge in [-0.2, -0.15) is 0 Å². The van der Waals surface area contributed by atoms with Crippen LogP contribution in [0.25, 0.3) is 0 Å². The molecule has 0 bridgehead atoms. The molecule has 2 atom stereocenters. The minimum atomic E-state index is 0. The lowest BCUT2D eigenvalue weighted by Gasteiger charge is -2.22. The normalized spacial score (nSPS) is 24.3. The average molecular weight is 448 g/mol. The third-order valence-electron chi connectivity index (χ3n) is 4.91. The predicted molar refractivity (Wildman–Crippen MR) is 109 cm³/mol. The van der Waals surface area contributed by atoms with Crippen molar-refractivity contribution < 1.29 is 0 Å². The van der Waals surface area contributed by atoms with E-state index in [1.165, 1.54) is 44.5 Å². The fourth-order valence-electron chi connectivity index (χ4n) is 3.80. The molecule has 0 radical (unpaired) electrons. The number of aromatic nitrogens is 1. The summed E-state index contributed by atoms with van der Waals surface area (Å²) in [7, 11) is 0. The van der Waals surface area contributed by atoms with Gasteiger partial charge in [-0.15, -0.1) is 35.3 Å². The molecule has 1 saturated carbocycles. The van der Waals surface area contributed by atoms with E-state index in [1.54, 1.807) is 11.3 Å². The number of nitrogens with zero attached hydrogens (tertiary/aromatic N) is 3. The van der Waals surface area contributed by atoms with E-state index in [2.05, 4.69) is 34.4 Å². The standard InChI is InChI=1S/C17H28N4S.HI/c1-3-18-17(19-9-8-16-12-22-13(2)20-16)21-10-14-6-4-5-7-15(14)11-21;/h12,14-15H,3-11H2,1-2H3,(H,18,19);1H. The van der Waals surface area contributed by atoms with E-state index in [-0.39, 0.29) is 24.0 Å². The molecule has 0 amide bonds. The molecule has 2 fully saturated rings. The Morgan fingerprint density at radius 3 is 2.61 bits per heavy atom. The molecule has 2 heterocycles. The zero-order valence-electron chi connectivity index (χ0n) is 14.3. The maximum Gasteiger partial charge on any atom is 0.193 e. The maximum atomic E-state index is 4.85. The van der Waals surface area contributed by atoms with Gasteiger partial charge in [-0.3, -0.25) is 4.99 Å². The summed E-state index contributed by atoms with van der Waals surface area (Å²) in [6.07, 6.45) is 6.62. The first-order valence-electron chi connectivity index (χ1n) is 8.70. The molecule has 0 aromatic carbocycles. The lowest BCUT2D eigenvalue weighted by molar-refractivity contribution is 0.299. The van der Waals surface area contributed by atoms with Gasteiger partial charge in [-0.05, 0) is 38.5 Å². The van der Waals surface area contributed by atoms with Crippen LogP contribution >= 0.6 is 35.3 Å². The number of aryl methyl sites for hydroxylation is 1. The van der Waals surface area contributed by atoms with Crippen LogP contribution in [-0.4, -0.2) is 42.0 Å². The Morgan fingerprint density at radius 1 is 1.35 bits per heavy atom. The highest BCUT2D eigenvalue weighted by atomic mass is 127. The van der Waals surface area contributed by atoms with Gasteiger partial charge in [0, 0.05) is 38.0 Å². The van der Waals surface area contributed by atoms with E-state index >= 15 is 0 Å². The molecule has 6 heteroatoms. The highest BCUT2D eigenvalue weighted by Crippen LogP contribution is 2.35. The van der Waals surface area contributed by atoms with E-state index in [0.717, 1.165) is 42.3 Å². The first kappa shape index (κ1) is 19.0. The van der Waals surface area contributed by atoms with Crippen LogP contribution < -0.4 is 5.32 Å². The van der Waals surface area contributed by atoms with E-state index in [0.29, 0.717) is 0 Å². The van der Waals surface area contributed by atoms with Crippen LogP contribution in [0.4, 0.5) is 0 Å². The van der Waals surface area contributed by atoms with Gasteiger partial charge in [0.15, 0.2) is 5.96 Å². The van der Waals surface area contributed by atoms with Gasteiger partial charge in [0.1, 0.15) is 0 Å². The van der Waals surface area contributed by atoms with Crippen LogP contribution in [0.5, 0.6) is 0 Å². The molecular formula is C17H29IN4S. The van der Waals surface area contributed by atoms with Gasteiger partial charge in [-0.25, -0.2) is 4.98 Å². The third-order valence-corrected chi connectivity index (χ3v) is 5.73. The van der Waals surface area contributed by atoms with Gasteiger partial charge in [-0.1, -0.05) is 12.8 Å². The lowest BCUT2D eigenvalue weighted by atomic mass is 9.82. The molecule has 2 unspecified atom stereocenters. The highest BCUT2D eigenvalue weighted by molar-refractivity contribution is 14.0. The Hall–Kier alpha value is -0.370. The molecular weight excluding hydrogens is 419 g/mol. The van der Waals surface area contributed by atoms with E-state index < -0.39 is 0 Å². The fourth-order valence-corrected chi connectivity index (χ4v) is 4.45. The van der Waals surface area contributed by atoms with Crippen molar-refractivity contribution in [3.8, 4) is 0 Å². The van der Waals surface area contributed by atoms with Crippen molar-refractivity contribution in [1.82, 2.24) is 15.2 Å². The summed E-state index contributed by atoms with van der Waals surface area (Å²) in [6.45, 7) is 8.40. The Balaban J connectivity index is 0.00000192. The minimum Gasteiger partial charge on any atom is -0.357 e. The van der Waals surface area contributed by atoms with Crippen LogP contribution in [0, 0.1) is 18.8 Å². The molecule has 1 saturated heterocycles. The summed E-state index contributed by atoms with van der Waals surface area (Å²) in [4.78, 5) is 11.9. The van der Waals surface area contributed by atoms with Crippen LogP contribution in [0.15, 0.2) is 10.4 Å². The lowest BCUT2D eigenvalue weighted by Crippen LogP contribution is -2.40. The number of fused-ring (bicyclic) bond motifs is 1. The Bertz CT molecular complexity index is 502. The van der Waals surface area contributed by atoms with Crippen molar-refractivity contribution in [3.05, 3.63) is 16.1 Å². The summed E-state index contributed by atoms with van der Waals surface area (Å²) in [5.74, 6) is 2.92. The molecule has 0 spiro atoms. The number of aliphatic imine (C=N–C) groups is 1. The van der Waals surface area contributed by atoms with Crippen molar-refractivity contribution in [3.63, 3.8) is 0 Å². The molecule has 2 aliphatic rings. The molecule has 23 heavy (non-hydrogen) atoms. The smallest absolute Gasteiger partial charge is 0.193 e. The summed E-state index contributed by atoms with van der Waals surface area (Å²) in [5.41, 5.74) is 1.18. The number of thiazole rings is 1. The van der Waals surface area contributed by atoms with Crippen LogP contribution in [-0.2, 0) is 6.42 Å². The monoisotopic (exact) mass is 448 g/mol. The number of guanidine groups is 1. The van der Waals surface area contributed by atoms with Gasteiger partial charge in [0.05, 0.1) is 10.7 Å². The van der Waals surface area contributed by atoms with E-state index in [4.69, 9.17) is 4.99 Å². The molecule has 1 aliphatic heterocycles. The van der Waals surface area contributed by atoms with E-state index in [1.807, 2.05) is 0 Å². The number of hydrogen-bond acceptors (Lipinski definition) is 3. The maximum absolute atomic E-state index is 4.85. The largest absolute Gasteiger partial charge is 0.357 e. The highest BCUT2D eigenvalue weighted by Gasteiger charge is 2.35. The zero-order chi connectivity index (χ0) is 15.4. The van der Waals surface area contributed by atoms with Crippen LogP contribution in [0.3, 0.4) is 0 Å². The molecule has 4 nitrogen and oxygen atoms in total. The number of halogens is 1. The molecule has 130 valence electrons. The predicted octanol–water partition coefficient (Wildman–Crippen LogP) is 3.70. The van der Waals surface area contributed by atoms with Crippen molar-refractivity contribution in [1.29, 1.82) is 0 Å². The zero-order valence-corrected chi connectivity index (χ0v) is 17.4. The SMILES string of the molecule is CCNC(=NCCc1csc(C)n1)N1CC2CCCCC2C1.I. The van der Waals surface area contributed by atoms with Crippen molar-refractivity contribution in [2.75, 3.05) is 26.2 Å². The number of hydrogen-bond donors (Lipinski definition) is 1. The van der Waals surface area contributed by atoms with Crippen LogP contribution in [0.2, 0.25) is 0 Å². The fraction of sp³-hybridized carbons (Fsp3) is 0.765. The summed E-state index contributed by atoms with van der Waals surface area (Å²) in [6, 6.07) is 0. The third kappa shape index (κ3) is 5.05. The Labute approximate surface area is 161 Å². The summed E-state index contributed by atoms with van der Waals surface area (Å²) in [5, 5.41) is 6.79. The second-order valence-electron chi connectivity index (χ2n) is 6.55. The van der Waals surface area contributed by atoms with E-state index in [9.17, 15) is 0 Å². The molecule has 1 aromatic rings. The molecule has 1 aliphatic carbocycles. The molecule has 3 rings (SSSR count). The average Bonchev–Trinajstić information content (AvgIpc) is 3.12. The van der Waals surface area contributed by atoms with Gasteiger partial charge in [0.2, 0.25) is 0 Å². The number of likely N-dealkylation sites (tertiary alicyclic amines) is 1. The second kappa shape index (κ2) is 9.20. The van der Waals surface area contributed by atoms with Gasteiger partial charge >= 0.3 is 0 Å². The van der Waals surface area contributed by atoms with Crippen molar-refractivity contribution >= 4 is 41.3 Å². The summed E-state index contributed by atoms with van der Waals surface area (Å²) >= 11 is 1.73. The molecule has 1 N–H and O–H groups in total. The first-order valence-corrected chi connectivity index (χ1v) is 9.58. The minimum absolute atomic E-state index is 0. The van der Waals surface area contributed by atoms with Crippen molar-refractivity contribution in [2.45, 2.75) is 46.0 Å². The Morgan fingerprint density at radius 2 is 2.04 bits per heavy atom. The first-order chi connectivity index (χ1) is 10.8. The second-order valence-corrected chi connectivity index (χ2v) is 7.62. The summed E-state index contributed by atoms with van der Waals surface area (Å²) < 4.78 is 0. The number of rotatable bonds is 4. The topological polar surface area (TPSA) is 40.5 Å². The van der Waals surface area contributed by atoms with Crippen LogP contribution in [0.1, 0.15) is 43.3 Å². The Kier molecular flexibility index (Phi) is 7.59.